The summed E-state index contributed by atoms with van der Waals surface area (Å²) in [6.07, 6.45) is 8.85. The molecule has 3 nitrogen and oxygen atoms in total. The molecule has 1 heterocycles. The number of nitrogens with one attached hydrogen (secondary N) is 1. The standard InChI is InChI=1S/C17H27NO2/c1-11-7-8-17(12(2)9-11)10-14(19)18-16(20)15(17)13-5-3-4-6-13/h11-13,15H,3-10H2,1-2H3,(H,18,19,20). The Kier molecular flexibility index (Phi) is 3.64. The number of amides is 2. The van der Waals surface area contributed by atoms with Crippen LogP contribution in [-0.4, -0.2) is 11.8 Å². The van der Waals surface area contributed by atoms with Gasteiger partial charge in [0, 0.05) is 12.3 Å². The van der Waals surface area contributed by atoms with E-state index in [-0.39, 0.29) is 23.1 Å². The fourth-order valence-corrected chi connectivity index (χ4v) is 5.35. The quantitative estimate of drug-likeness (QED) is 0.748. The number of imide groups is 1. The molecule has 0 aromatic heterocycles. The molecular formula is C17H27NO2. The maximum atomic E-state index is 12.6. The van der Waals surface area contributed by atoms with Crippen molar-refractivity contribution in [3.8, 4) is 0 Å². The van der Waals surface area contributed by atoms with Crippen LogP contribution in [0.3, 0.4) is 0 Å². The van der Waals surface area contributed by atoms with Crippen LogP contribution in [0.2, 0.25) is 0 Å². The van der Waals surface area contributed by atoms with Gasteiger partial charge in [0.05, 0.1) is 0 Å². The Bertz CT molecular complexity index is 413. The summed E-state index contributed by atoms with van der Waals surface area (Å²) in [5.74, 6) is 1.83. The lowest BCUT2D eigenvalue weighted by molar-refractivity contribution is -0.153. The summed E-state index contributed by atoms with van der Waals surface area (Å²) in [5, 5.41) is 2.63. The van der Waals surface area contributed by atoms with Crippen LogP contribution in [-0.2, 0) is 9.59 Å². The van der Waals surface area contributed by atoms with Crippen LogP contribution >= 0.6 is 0 Å². The van der Waals surface area contributed by atoms with Crippen molar-refractivity contribution in [2.75, 3.05) is 0 Å². The van der Waals surface area contributed by atoms with E-state index >= 15 is 0 Å². The Morgan fingerprint density at radius 1 is 1.10 bits per heavy atom. The molecule has 4 atom stereocenters. The molecule has 2 amide bonds. The summed E-state index contributed by atoms with van der Waals surface area (Å²) >= 11 is 0. The van der Waals surface area contributed by atoms with Crippen LogP contribution in [0.1, 0.15) is 65.2 Å². The first-order chi connectivity index (χ1) is 9.53. The van der Waals surface area contributed by atoms with Crippen molar-refractivity contribution >= 4 is 11.8 Å². The molecule has 2 saturated carbocycles. The smallest absolute Gasteiger partial charge is 0.230 e. The van der Waals surface area contributed by atoms with E-state index in [0.29, 0.717) is 18.3 Å². The number of hydrogen-bond acceptors (Lipinski definition) is 2. The van der Waals surface area contributed by atoms with Crippen LogP contribution in [0.4, 0.5) is 0 Å². The molecule has 3 aliphatic rings. The second-order valence-corrected chi connectivity index (χ2v) is 7.63. The third-order valence-corrected chi connectivity index (χ3v) is 6.37. The predicted molar refractivity (Wildman–Crippen MR) is 77.8 cm³/mol. The minimum absolute atomic E-state index is 0.0364. The van der Waals surface area contributed by atoms with Gasteiger partial charge in [0.25, 0.3) is 0 Å². The molecule has 20 heavy (non-hydrogen) atoms. The molecule has 0 aromatic carbocycles. The highest BCUT2D eigenvalue weighted by Gasteiger charge is 2.55. The molecule has 0 aromatic rings. The minimum atomic E-state index is -0.0407. The van der Waals surface area contributed by atoms with Gasteiger partial charge in [0.1, 0.15) is 0 Å². The van der Waals surface area contributed by atoms with E-state index < -0.39 is 0 Å². The monoisotopic (exact) mass is 277 g/mol. The van der Waals surface area contributed by atoms with E-state index in [9.17, 15) is 9.59 Å². The molecule has 1 aliphatic heterocycles. The molecular weight excluding hydrogens is 250 g/mol. The van der Waals surface area contributed by atoms with E-state index in [2.05, 4.69) is 19.2 Å². The zero-order valence-corrected chi connectivity index (χ0v) is 12.8. The summed E-state index contributed by atoms with van der Waals surface area (Å²) in [6.45, 7) is 4.59. The fraction of sp³-hybridized carbons (Fsp3) is 0.882. The summed E-state index contributed by atoms with van der Waals surface area (Å²) < 4.78 is 0. The maximum Gasteiger partial charge on any atom is 0.230 e. The van der Waals surface area contributed by atoms with Crippen molar-refractivity contribution in [2.24, 2.45) is 29.1 Å². The average Bonchev–Trinajstić information content (AvgIpc) is 2.87. The molecule has 1 spiro atoms. The molecule has 1 saturated heterocycles. The minimum Gasteiger partial charge on any atom is -0.296 e. The molecule has 4 unspecified atom stereocenters. The number of piperidine rings is 1. The van der Waals surface area contributed by atoms with E-state index in [0.717, 1.165) is 12.3 Å². The Balaban J connectivity index is 1.94. The van der Waals surface area contributed by atoms with E-state index in [1.807, 2.05) is 0 Å². The SMILES string of the molecule is CC1CCC2(CC(=O)NC(=O)C2C2CCCC2)C(C)C1. The molecule has 0 radical (unpaired) electrons. The zero-order valence-electron chi connectivity index (χ0n) is 12.8. The summed E-state index contributed by atoms with van der Waals surface area (Å²) in [6, 6.07) is 0. The Morgan fingerprint density at radius 3 is 2.45 bits per heavy atom. The van der Waals surface area contributed by atoms with Crippen LogP contribution in [0.5, 0.6) is 0 Å². The van der Waals surface area contributed by atoms with Gasteiger partial charge in [0.2, 0.25) is 11.8 Å². The van der Waals surface area contributed by atoms with Crippen molar-refractivity contribution < 1.29 is 9.59 Å². The number of rotatable bonds is 1. The third kappa shape index (κ3) is 2.19. The highest BCUT2D eigenvalue weighted by molar-refractivity contribution is 6.00. The summed E-state index contributed by atoms with van der Waals surface area (Å²) in [4.78, 5) is 24.6. The highest BCUT2D eigenvalue weighted by atomic mass is 16.2. The lowest BCUT2D eigenvalue weighted by Gasteiger charge is -2.52. The van der Waals surface area contributed by atoms with Gasteiger partial charge in [-0.25, -0.2) is 0 Å². The average molecular weight is 277 g/mol. The first-order valence-electron chi connectivity index (χ1n) is 8.36. The molecule has 112 valence electrons. The topological polar surface area (TPSA) is 46.2 Å². The molecule has 0 bridgehead atoms. The van der Waals surface area contributed by atoms with Crippen molar-refractivity contribution in [1.29, 1.82) is 0 Å². The van der Waals surface area contributed by atoms with Crippen molar-refractivity contribution in [3.63, 3.8) is 0 Å². The molecule has 3 rings (SSSR count). The Labute approximate surface area is 121 Å². The van der Waals surface area contributed by atoms with Crippen LogP contribution in [0, 0.1) is 29.1 Å². The lowest BCUT2D eigenvalue weighted by atomic mass is 9.52. The van der Waals surface area contributed by atoms with Crippen molar-refractivity contribution in [2.45, 2.75) is 65.2 Å². The molecule has 1 N–H and O–H groups in total. The summed E-state index contributed by atoms with van der Waals surface area (Å²) in [5.41, 5.74) is -0.0407. The van der Waals surface area contributed by atoms with E-state index in [1.54, 1.807) is 0 Å². The van der Waals surface area contributed by atoms with Gasteiger partial charge in [-0.1, -0.05) is 33.1 Å². The molecule has 3 fully saturated rings. The number of carbonyl (C=O) groups excluding carboxylic acids is 2. The first-order valence-corrected chi connectivity index (χ1v) is 8.36. The van der Waals surface area contributed by atoms with Gasteiger partial charge >= 0.3 is 0 Å². The third-order valence-electron chi connectivity index (χ3n) is 6.37. The predicted octanol–water partition coefficient (Wildman–Crippen LogP) is 3.28. The normalized spacial score (nSPS) is 43.0. The lowest BCUT2D eigenvalue weighted by Crippen LogP contribution is -2.58. The molecule has 2 aliphatic carbocycles. The second kappa shape index (κ2) is 5.16. The second-order valence-electron chi connectivity index (χ2n) is 7.63. The maximum absolute atomic E-state index is 12.6. The Hall–Kier alpha value is -0.860. The van der Waals surface area contributed by atoms with Gasteiger partial charge in [0.15, 0.2) is 0 Å². The van der Waals surface area contributed by atoms with E-state index in [1.165, 1.54) is 38.5 Å². The fourth-order valence-electron chi connectivity index (χ4n) is 5.35. The number of hydrogen-bond donors (Lipinski definition) is 1. The zero-order chi connectivity index (χ0) is 14.3. The van der Waals surface area contributed by atoms with Gasteiger partial charge in [-0.3, -0.25) is 14.9 Å². The van der Waals surface area contributed by atoms with Crippen LogP contribution < -0.4 is 5.32 Å². The largest absolute Gasteiger partial charge is 0.296 e. The van der Waals surface area contributed by atoms with Crippen LogP contribution in [0.25, 0.3) is 0 Å². The number of carbonyl (C=O) groups is 2. The van der Waals surface area contributed by atoms with Crippen molar-refractivity contribution in [1.82, 2.24) is 5.32 Å². The molecule has 3 heteroatoms. The summed E-state index contributed by atoms with van der Waals surface area (Å²) in [7, 11) is 0. The van der Waals surface area contributed by atoms with E-state index in [4.69, 9.17) is 0 Å². The van der Waals surface area contributed by atoms with Gasteiger partial charge < -0.3 is 0 Å². The van der Waals surface area contributed by atoms with Gasteiger partial charge in [-0.15, -0.1) is 0 Å². The Morgan fingerprint density at radius 2 is 1.80 bits per heavy atom. The highest BCUT2D eigenvalue weighted by Crippen LogP contribution is 2.56. The first kappa shape index (κ1) is 14.1. The van der Waals surface area contributed by atoms with Gasteiger partial charge in [-0.2, -0.15) is 0 Å². The van der Waals surface area contributed by atoms with Crippen LogP contribution in [0.15, 0.2) is 0 Å². The van der Waals surface area contributed by atoms with Crippen molar-refractivity contribution in [3.05, 3.63) is 0 Å². The van der Waals surface area contributed by atoms with Gasteiger partial charge in [-0.05, 0) is 48.9 Å².